The van der Waals surface area contributed by atoms with Crippen LogP contribution in [-0.4, -0.2) is 55.7 Å². The highest BCUT2D eigenvalue weighted by Crippen LogP contribution is 2.16. The molecule has 2 unspecified atom stereocenters. The quantitative estimate of drug-likeness (QED) is 0.771. The number of aliphatic hydroxyl groups excluding tert-OH is 1. The molecule has 1 N–H and O–H groups in total. The van der Waals surface area contributed by atoms with E-state index >= 15 is 0 Å². The van der Waals surface area contributed by atoms with Crippen LogP contribution in [0.15, 0.2) is 0 Å². The summed E-state index contributed by atoms with van der Waals surface area (Å²) in [7, 11) is -2.89. The first kappa shape index (κ1) is 13.9. The van der Waals surface area contributed by atoms with E-state index in [0.717, 1.165) is 13.0 Å². The lowest BCUT2D eigenvalue weighted by Gasteiger charge is -2.34. The lowest BCUT2D eigenvalue weighted by Crippen LogP contribution is -2.44. The van der Waals surface area contributed by atoms with Crippen LogP contribution >= 0.6 is 0 Å². The second-order valence-electron chi connectivity index (χ2n) is 4.79. The van der Waals surface area contributed by atoms with Gasteiger partial charge in [0.15, 0.2) is 9.84 Å². The van der Waals surface area contributed by atoms with Gasteiger partial charge in [0.25, 0.3) is 0 Å². The first-order valence-corrected chi connectivity index (χ1v) is 7.87. The minimum Gasteiger partial charge on any atom is -0.392 e. The van der Waals surface area contributed by atoms with Crippen molar-refractivity contribution in [2.24, 2.45) is 5.92 Å². The predicted molar refractivity (Wildman–Crippen MR) is 65.2 cm³/mol. The summed E-state index contributed by atoms with van der Waals surface area (Å²) in [5.41, 5.74) is 0. The van der Waals surface area contributed by atoms with E-state index in [2.05, 4.69) is 4.90 Å². The third-order valence-electron chi connectivity index (χ3n) is 3.24. The molecule has 4 nitrogen and oxygen atoms in total. The second kappa shape index (κ2) is 5.98. The molecule has 1 rings (SSSR count). The summed E-state index contributed by atoms with van der Waals surface area (Å²) >= 11 is 0. The fraction of sp³-hybridized carbons (Fsp3) is 1.00. The van der Waals surface area contributed by atoms with E-state index in [9.17, 15) is 13.5 Å². The molecule has 0 amide bonds. The number of β-amino-alcohol motifs (C(OH)–C–C–N with tert-alkyl or cyclic N) is 1. The molecule has 1 heterocycles. The Kier molecular flexibility index (Phi) is 5.21. The maximum Gasteiger partial charge on any atom is 0.151 e. The molecule has 96 valence electrons. The molecule has 0 aromatic carbocycles. The van der Waals surface area contributed by atoms with Gasteiger partial charge >= 0.3 is 0 Å². The van der Waals surface area contributed by atoms with Crippen molar-refractivity contribution < 1.29 is 13.5 Å². The van der Waals surface area contributed by atoms with Gasteiger partial charge in [-0.2, -0.15) is 0 Å². The number of hydrogen-bond donors (Lipinski definition) is 1. The molecule has 1 fully saturated rings. The molecule has 0 aliphatic carbocycles. The Morgan fingerprint density at radius 1 is 1.38 bits per heavy atom. The zero-order valence-corrected chi connectivity index (χ0v) is 11.0. The molecule has 0 aromatic heterocycles. The van der Waals surface area contributed by atoms with Gasteiger partial charge in [-0.15, -0.1) is 0 Å². The molecule has 2 atom stereocenters. The van der Waals surface area contributed by atoms with E-state index in [1.165, 1.54) is 0 Å². The zero-order chi connectivity index (χ0) is 12.2. The molecule has 1 aliphatic heterocycles. The molecule has 0 radical (unpaired) electrons. The molecule has 0 bridgehead atoms. The van der Waals surface area contributed by atoms with Crippen LogP contribution in [0.1, 0.15) is 26.7 Å². The summed E-state index contributed by atoms with van der Waals surface area (Å²) < 4.78 is 23.1. The number of sulfone groups is 1. The van der Waals surface area contributed by atoms with Crippen molar-refractivity contribution in [2.75, 3.05) is 31.1 Å². The highest BCUT2D eigenvalue weighted by molar-refractivity contribution is 7.91. The second-order valence-corrected chi connectivity index (χ2v) is 7.09. The Balaban J connectivity index is 2.34. The van der Waals surface area contributed by atoms with E-state index in [4.69, 9.17) is 0 Å². The van der Waals surface area contributed by atoms with Crippen molar-refractivity contribution in [3.63, 3.8) is 0 Å². The fourth-order valence-electron chi connectivity index (χ4n) is 2.00. The van der Waals surface area contributed by atoms with Crippen molar-refractivity contribution in [3.8, 4) is 0 Å². The highest BCUT2D eigenvalue weighted by Gasteiger charge is 2.24. The fourth-order valence-corrected chi connectivity index (χ4v) is 3.36. The third kappa shape index (κ3) is 4.39. The first-order chi connectivity index (χ1) is 7.44. The van der Waals surface area contributed by atoms with Crippen LogP contribution in [0.25, 0.3) is 0 Å². The number of aliphatic hydroxyl groups is 1. The number of hydrogen-bond acceptors (Lipinski definition) is 4. The Labute approximate surface area is 98.6 Å². The monoisotopic (exact) mass is 249 g/mol. The number of likely N-dealkylation sites (tertiary alicyclic amines) is 1. The van der Waals surface area contributed by atoms with E-state index in [1.54, 1.807) is 0 Å². The molecule has 16 heavy (non-hydrogen) atoms. The smallest absolute Gasteiger partial charge is 0.151 e. The van der Waals surface area contributed by atoms with Crippen LogP contribution in [-0.2, 0) is 9.84 Å². The number of nitrogens with zero attached hydrogens (tertiary/aromatic N) is 1. The van der Waals surface area contributed by atoms with Gasteiger partial charge in [-0.05, 0) is 25.3 Å². The Morgan fingerprint density at radius 2 is 2.06 bits per heavy atom. The minimum absolute atomic E-state index is 0.224. The van der Waals surface area contributed by atoms with Gasteiger partial charge in [-0.25, -0.2) is 8.42 Å². The average molecular weight is 249 g/mol. The lowest BCUT2D eigenvalue weighted by atomic mass is 9.96. The molecule has 1 saturated heterocycles. The molecule has 0 saturated carbocycles. The van der Waals surface area contributed by atoms with Crippen LogP contribution in [0.4, 0.5) is 0 Å². The van der Waals surface area contributed by atoms with Gasteiger partial charge in [0.05, 0.1) is 11.9 Å². The van der Waals surface area contributed by atoms with Crippen molar-refractivity contribution >= 4 is 9.84 Å². The van der Waals surface area contributed by atoms with Gasteiger partial charge in [0.2, 0.25) is 0 Å². The van der Waals surface area contributed by atoms with Crippen LogP contribution in [0, 0.1) is 5.92 Å². The summed E-state index contributed by atoms with van der Waals surface area (Å²) in [6.45, 7) is 5.99. The SMILES string of the molecule is CCCS(=O)(=O)CCN1CCC(C)C(O)C1. The van der Waals surface area contributed by atoms with Gasteiger partial charge in [-0.1, -0.05) is 13.8 Å². The van der Waals surface area contributed by atoms with E-state index < -0.39 is 9.84 Å². The normalized spacial score (nSPS) is 28.2. The summed E-state index contributed by atoms with van der Waals surface area (Å²) in [5, 5.41) is 9.69. The highest BCUT2D eigenvalue weighted by atomic mass is 32.2. The minimum atomic E-state index is -2.89. The molecule has 5 heteroatoms. The summed E-state index contributed by atoms with van der Waals surface area (Å²) in [4.78, 5) is 2.05. The van der Waals surface area contributed by atoms with Crippen molar-refractivity contribution in [1.29, 1.82) is 0 Å². The van der Waals surface area contributed by atoms with Crippen LogP contribution in [0.3, 0.4) is 0 Å². The zero-order valence-electron chi connectivity index (χ0n) is 10.2. The summed E-state index contributed by atoms with van der Waals surface area (Å²) in [6, 6.07) is 0. The van der Waals surface area contributed by atoms with Crippen LogP contribution in [0.5, 0.6) is 0 Å². The van der Waals surface area contributed by atoms with Gasteiger partial charge in [0.1, 0.15) is 0 Å². The van der Waals surface area contributed by atoms with Crippen molar-refractivity contribution in [1.82, 2.24) is 4.90 Å². The van der Waals surface area contributed by atoms with Gasteiger partial charge < -0.3 is 5.11 Å². The molecular weight excluding hydrogens is 226 g/mol. The third-order valence-corrected chi connectivity index (χ3v) is 5.07. The van der Waals surface area contributed by atoms with Gasteiger partial charge in [-0.3, -0.25) is 4.90 Å². The Hall–Kier alpha value is -0.130. The summed E-state index contributed by atoms with van der Waals surface area (Å²) in [5.74, 6) is 0.838. The maximum atomic E-state index is 11.5. The van der Waals surface area contributed by atoms with Crippen LogP contribution in [0.2, 0.25) is 0 Å². The number of piperidine rings is 1. The first-order valence-electron chi connectivity index (χ1n) is 6.05. The molecule has 1 aliphatic rings. The summed E-state index contributed by atoms with van der Waals surface area (Å²) in [6.07, 6.45) is 1.33. The lowest BCUT2D eigenvalue weighted by molar-refractivity contribution is 0.0319. The van der Waals surface area contributed by atoms with Crippen molar-refractivity contribution in [3.05, 3.63) is 0 Å². The van der Waals surface area contributed by atoms with E-state index in [0.29, 0.717) is 25.4 Å². The largest absolute Gasteiger partial charge is 0.392 e. The Bertz CT molecular complexity index is 302. The topological polar surface area (TPSA) is 57.6 Å². The molecule has 0 aromatic rings. The maximum absolute atomic E-state index is 11.5. The van der Waals surface area contributed by atoms with Crippen molar-refractivity contribution in [2.45, 2.75) is 32.8 Å². The molecule has 0 spiro atoms. The average Bonchev–Trinajstić information content (AvgIpc) is 2.20. The van der Waals surface area contributed by atoms with Gasteiger partial charge in [0, 0.05) is 18.8 Å². The van der Waals surface area contributed by atoms with Crippen LogP contribution < -0.4 is 0 Å². The molecular formula is C11H23NO3S. The Morgan fingerprint density at radius 3 is 2.62 bits per heavy atom. The van der Waals surface area contributed by atoms with E-state index in [-0.39, 0.29) is 17.6 Å². The van der Waals surface area contributed by atoms with E-state index in [1.807, 2.05) is 13.8 Å². The standard InChI is InChI=1S/C11H23NO3S/c1-3-7-16(14,15)8-6-12-5-4-10(2)11(13)9-12/h10-11,13H,3-9H2,1-2H3. The number of rotatable bonds is 5. The predicted octanol–water partition coefficient (Wildman–Crippen LogP) is 0.514.